The standard InChI is InChI=1S/C13H18N2O4/c1-13(2,3)19-10(16)7-6-9-8-14(4)12(18)15(5)11(9)17/h6-8H,1-5H3/b7-6+. The number of aromatic nitrogens is 2. The van der Waals surface area contributed by atoms with E-state index in [1.807, 2.05) is 0 Å². The fourth-order valence-corrected chi connectivity index (χ4v) is 1.44. The number of hydrogen-bond donors (Lipinski definition) is 0. The van der Waals surface area contributed by atoms with Crippen molar-refractivity contribution in [3.8, 4) is 0 Å². The van der Waals surface area contributed by atoms with Gasteiger partial charge in [0.1, 0.15) is 5.60 Å². The number of carbonyl (C=O) groups is 1. The van der Waals surface area contributed by atoms with Crippen LogP contribution in [0.5, 0.6) is 0 Å². The van der Waals surface area contributed by atoms with E-state index in [0.717, 1.165) is 4.57 Å². The number of nitrogens with zero attached hydrogens (tertiary/aromatic N) is 2. The molecule has 0 fully saturated rings. The van der Waals surface area contributed by atoms with Crippen LogP contribution < -0.4 is 11.2 Å². The van der Waals surface area contributed by atoms with Gasteiger partial charge in [-0.05, 0) is 26.8 Å². The van der Waals surface area contributed by atoms with Gasteiger partial charge in [-0.25, -0.2) is 9.59 Å². The molecule has 6 nitrogen and oxygen atoms in total. The summed E-state index contributed by atoms with van der Waals surface area (Å²) in [5, 5.41) is 0. The minimum Gasteiger partial charge on any atom is -0.457 e. The summed E-state index contributed by atoms with van der Waals surface area (Å²) >= 11 is 0. The smallest absolute Gasteiger partial charge is 0.331 e. The second-order valence-corrected chi connectivity index (χ2v) is 5.21. The van der Waals surface area contributed by atoms with Gasteiger partial charge in [0.25, 0.3) is 5.56 Å². The summed E-state index contributed by atoms with van der Waals surface area (Å²) in [4.78, 5) is 34.8. The molecule has 0 aliphatic carbocycles. The number of hydrogen-bond acceptors (Lipinski definition) is 4. The van der Waals surface area contributed by atoms with Crippen LogP contribution in [0.15, 0.2) is 21.9 Å². The van der Waals surface area contributed by atoms with Crippen LogP contribution in [0.25, 0.3) is 6.08 Å². The molecule has 19 heavy (non-hydrogen) atoms. The van der Waals surface area contributed by atoms with E-state index in [2.05, 4.69) is 0 Å². The molecular weight excluding hydrogens is 248 g/mol. The van der Waals surface area contributed by atoms with Gasteiger partial charge in [-0.1, -0.05) is 0 Å². The highest BCUT2D eigenvalue weighted by molar-refractivity contribution is 5.87. The van der Waals surface area contributed by atoms with Gasteiger partial charge in [0.05, 0.1) is 5.56 Å². The average molecular weight is 266 g/mol. The van der Waals surface area contributed by atoms with Gasteiger partial charge in [-0.3, -0.25) is 9.36 Å². The molecule has 0 saturated heterocycles. The topological polar surface area (TPSA) is 70.3 Å². The van der Waals surface area contributed by atoms with Crippen molar-refractivity contribution in [2.45, 2.75) is 26.4 Å². The first-order valence-corrected chi connectivity index (χ1v) is 5.79. The highest BCUT2D eigenvalue weighted by Crippen LogP contribution is 2.07. The first-order chi connectivity index (χ1) is 8.61. The van der Waals surface area contributed by atoms with Crippen LogP contribution in [0.3, 0.4) is 0 Å². The molecule has 6 heteroatoms. The summed E-state index contributed by atoms with van der Waals surface area (Å²) < 4.78 is 7.34. The molecule has 0 aliphatic heterocycles. The van der Waals surface area contributed by atoms with Crippen molar-refractivity contribution >= 4 is 12.0 Å². The lowest BCUT2D eigenvalue weighted by atomic mass is 10.2. The summed E-state index contributed by atoms with van der Waals surface area (Å²) in [5.74, 6) is -0.539. The molecule has 1 rings (SSSR count). The second-order valence-electron chi connectivity index (χ2n) is 5.21. The summed E-state index contributed by atoms with van der Waals surface area (Å²) in [6, 6.07) is 0. The Balaban J connectivity index is 3.05. The van der Waals surface area contributed by atoms with Crippen molar-refractivity contribution in [2.75, 3.05) is 0 Å². The Kier molecular flexibility index (Phi) is 4.14. The quantitative estimate of drug-likeness (QED) is 0.575. The number of esters is 1. The Morgan fingerprint density at radius 3 is 2.37 bits per heavy atom. The van der Waals surface area contributed by atoms with E-state index in [1.54, 1.807) is 20.8 Å². The number of ether oxygens (including phenoxy) is 1. The van der Waals surface area contributed by atoms with Crippen LogP contribution in [-0.2, 0) is 23.6 Å². The summed E-state index contributed by atoms with van der Waals surface area (Å²) in [6.07, 6.45) is 3.90. The van der Waals surface area contributed by atoms with Gasteiger partial charge in [0.15, 0.2) is 0 Å². The lowest BCUT2D eigenvalue weighted by molar-refractivity contribution is -0.148. The van der Waals surface area contributed by atoms with Crippen LogP contribution in [0, 0.1) is 0 Å². The number of aryl methyl sites for hydroxylation is 1. The van der Waals surface area contributed by atoms with Crippen molar-refractivity contribution in [3.63, 3.8) is 0 Å². The molecule has 0 N–H and O–H groups in total. The molecule has 1 heterocycles. The van der Waals surface area contributed by atoms with Crippen LogP contribution in [-0.4, -0.2) is 20.7 Å². The van der Waals surface area contributed by atoms with Gasteiger partial charge in [-0.15, -0.1) is 0 Å². The molecule has 0 unspecified atom stereocenters. The third kappa shape index (κ3) is 3.94. The minimum atomic E-state index is -0.587. The molecule has 104 valence electrons. The third-order valence-corrected chi connectivity index (χ3v) is 2.28. The Labute approximate surface area is 110 Å². The molecule has 0 radical (unpaired) electrons. The zero-order chi connectivity index (χ0) is 14.8. The van der Waals surface area contributed by atoms with E-state index in [-0.39, 0.29) is 5.56 Å². The van der Waals surface area contributed by atoms with E-state index >= 15 is 0 Å². The second kappa shape index (κ2) is 5.26. The number of carbonyl (C=O) groups excluding carboxylic acids is 1. The van der Waals surface area contributed by atoms with Crippen molar-refractivity contribution in [1.82, 2.24) is 9.13 Å². The van der Waals surface area contributed by atoms with E-state index < -0.39 is 22.8 Å². The normalized spacial score (nSPS) is 11.8. The predicted molar refractivity (Wildman–Crippen MR) is 71.8 cm³/mol. The molecule has 0 saturated carbocycles. The molecule has 1 aromatic heterocycles. The molecule has 1 aromatic rings. The van der Waals surface area contributed by atoms with E-state index in [0.29, 0.717) is 0 Å². The lowest BCUT2D eigenvalue weighted by Gasteiger charge is -2.17. The largest absolute Gasteiger partial charge is 0.457 e. The van der Waals surface area contributed by atoms with Gasteiger partial charge in [0.2, 0.25) is 0 Å². The lowest BCUT2D eigenvalue weighted by Crippen LogP contribution is -2.37. The summed E-state index contributed by atoms with van der Waals surface area (Å²) in [6.45, 7) is 5.26. The van der Waals surface area contributed by atoms with E-state index in [1.165, 1.54) is 37.0 Å². The van der Waals surface area contributed by atoms with Crippen LogP contribution in [0.2, 0.25) is 0 Å². The summed E-state index contributed by atoms with van der Waals surface area (Å²) in [7, 11) is 2.92. The summed E-state index contributed by atoms with van der Waals surface area (Å²) in [5.41, 5.74) is -1.21. The first-order valence-electron chi connectivity index (χ1n) is 5.79. The molecule has 0 amide bonds. The highest BCUT2D eigenvalue weighted by Gasteiger charge is 2.14. The monoisotopic (exact) mass is 266 g/mol. The zero-order valence-corrected chi connectivity index (χ0v) is 11.8. The number of rotatable bonds is 2. The maximum Gasteiger partial charge on any atom is 0.331 e. The van der Waals surface area contributed by atoms with Gasteiger partial charge >= 0.3 is 11.7 Å². The van der Waals surface area contributed by atoms with Crippen LogP contribution in [0.4, 0.5) is 0 Å². The molecule has 0 atom stereocenters. The molecule has 0 spiro atoms. The highest BCUT2D eigenvalue weighted by atomic mass is 16.6. The third-order valence-electron chi connectivity index (χ3n) is 2.28. The molecule has 0 bridgehead atoms. The maximum atomic E-state index is 11.8. The SMILES string of the molecule is Cn1cc(/C=C/C(=O)OC(C)(C)C)c(=O)n(C)c1=O. The Bertz CT molecular complexity index is 630. The average Bonchev–Trinajstić information content (AvgIpc) is 2.27. The Morgan fingerprint density at radius 1 is 1.26 bits per heavy atom. The van der Waals surface area contributed by atoms with Crippen molar-refractivity contribution in [3.05, 3.63) is 38.7 Å². The van der Waals surface area contributed by atoms with Crippen molar-refractivity contribution in [1.29, 1.82) is 0 Å². The molecule has 0 aromatic carbocycles. The first kappa shape index (κ1) is 14.9. The molecule has 0 aliphatic rings. The van der Waals surface area contributed by atoms with Gasteiger partial charge in [-0.2, -0.15) is 0 Å². The minimum absolute atomic E-state index is 0.246. The Morgan fingerprint density at radius 2 is 1.84 bits per heavy atom. The van der Waals surface area contributed by atoms with Crippen LogP contribution in [0.1, 0.15) is 26.3 Å². The van der Waals surface area contributed by atoms with Crippen molar-refractivity contribution in [2.24, 2.45) is 14.1 Å². The fraction of sp³-hybridized carbons (Fsp3) is 0.462. The van der Waals surface area contributed by atoms with E-state index in [9.17, 15) is 14.4 Å². The van der Waals surface area contributed by atoms with E-state index in [4.69, 9.17) is 4.74 Å². The van der Waals surface area contributed by atoms with Crippen LogP contribution >= 0.6 is 0 Å². The van der Waals surface area contributed by atoms with Gasteiger partial charge in [0, 0.05) is 26.4 Å². The fourth-order valence-electron chi connectivity index (χ4n) is 1.44. The molecular formula is C13H18N2O4. The zero-order valence-electron chi connectivity index (χ0n) is 11.8. The Hall–Kier alpha value is -2.11. The van der Waals surface area contributed by atoms with Gasteiger partial charge < -0.3 is 9.30 Å². The predicted octanol–water partition coefficient (Wildman–Crippen LogP) is 0.439. The maximum absolute atomic E-state index is 11.8. The van der Waals surface area contributed by atoms with Crippen molar-refractivity contribution < 1.29 is 9.53 Å².